The number of hydrogen-bond donors (Lipinski definition) is 1. The van der Waals surface area contributed by atoms with Crippen LogP contribution in [0.15, 0.2) is 18.2 Å². The molecule has 100 valence electrons. The second-order valence-electron chi connectivity index (χ2n) is 4.29. The molecule has 1 N–H and O–H groups in total. The first-order valence-electron chi connectivity index (χ1n) is 5.32. The third-order valence-electron chi connectivity index (χ3n) is 2.22. The fraction of sp³-hybridized carbons (Fsp3) is 0.417. The van der Waals surface area contributed by atoms with Gasteiger partial charge in [-0.1, -0.05) is 6.07 Å². The number of benzene rings is 1. The molecule has 0 aliphatic carbocycles. The molecule has 6 heteroatoms. The second kappa shape index (κ2) is 5.39. The average Bonchev–Trinajstić information content (AvgIpc) is 2.17. The van der Waals surface area contributed by atoms with Crippen molar-refractivity contribution < 1.29 is 18.0 Å². The van der Waals surface area contributed by atoms with Crippen molar-refractivity contribution in [3.8, 4) is 0 Å². The Morgan fingerprint density at radius 1 is 1.33 bits per heavy atom. The van der Waals surface area contributed by atoms with Crippen molar-refractivity contribution >= 4 is 11.6 Å². The Balaban J connectivity index is 3.16. The highest BCUT2D eigenvalue weighted by molar-refractivity contribution is 5.88. The van der Waals surface area contributed by atoms with Gasteiger partial charge in [-0.15, -0.1) is 0 Å². The smallest absolute Gasteiger partial charge is 0.326 e. The maximum atomic E-state index is 12.9. The molecule has 1 rings (SSSR count). The van der Waals surface area contributed by atoms with E-state index in [1.165, 1.54) is 19.1 Å². The van der Waals surface area contributed by atoms with E-state index in [1.54, 1.807) is 19.0 Å². The first-order chi connectivity index (χ1) is 8.20. The van der Waals surface area contributed by atoms with E-state index in [1.807, 2.05) is 0 Å². The summed E-state index contributed by atoms with van der Waals surface area (Å²) in [4.78, 5) is 12.5. The van der Waals surface area contributed by atoms with Gasteiger partial charge in [0.25, 0.3) is 0 Å². The molecule has 0 radical (unpaired) electrons. The summed E-state index contributed by atoms with van der Waals surface area (Å²) in [7, 11) is 3.39. The molecule has 0 aliphatic rings. The summed E-state index contributed by atoms with van der Waals surface area (Å²) in [6.45, 7) is 1.44. The number of carbonyl (C=O) groups is 1. The SMILES string of the molecule is CC(=O)Nc1ccc(CN(C)C)c(C(F)(F)F)c1. The molecule has 0 bridgehead atoms. The van der Waals surface area contributed by atoms with Gasteiger partial charge in [-0.2, -0.15) is 13.2 Å². The van der Waals surface area contributed by atoms with Crippen LogP contribution in [0.2, 0.25) is 0 Å². The van der Waals surface area contributed by atoms with Crippen LogP contribution >= 0.6 is 0 Å². The molecule has 1 aromatic rings. The number of hydrogen-bond acceptors (Lipinski definition) is 2. The van der Waals surface area contributed by atoms with Crippen LogP contribution in [0.25, 0.3) is 0 Å². The van der Waals surface area contributed by atoms with Crippen molar-refractivity contribution in [2.45, 2.75) is 19.6 Å². The Labute approximate surface area is 104 Å². The van der Waals surface area contributed by atoms with Gasteiger partial charge < -0.3 is 10.2 Å². The highest BCUT2D eigenvalue weighted by atomic mass is 19.4. The van der Waals surface area contributed by atoms with Gasteiger partial charge in [0.2, 0.25) is 5.91 Å². The van der Waals surface area contributed by atoms with Crippen molar-refractivity contribution in [2.75, 3.05) is 19.4 Å². The van der Waals surface area contributed by atoms with Gasteiger partial charge in [-0.05, 0) is 31.8 Å². The summed E-state index contributed by atoms with van der Waals surface area (Å²) in [5, 5.41) is 2.35. The molecular formula is C12H15F3N2O. The lowest BCUT2D eigenvalue weighted by Crippen LogP contribution is -2.17. The zero-order valence-corrected chi connectivity index (χ0v) is 10.4. The highest BCUT2D eigenvalue weighted by Crippen LogP contribution is 2.34. The van der Waals surface area contributed by atoms with Crippen LogP contribution < -0.4 is 5.32 Å². The Hall–Kier alpha value is -1.56. The zero-order chi connectivity index (χ0) is 13.9. The number of halogens is 3. The van der Waals surface area contributed by atoms with Crippen LogP contribution in [-0.4, -0.2) is 24.9 Å². The monoisotopic (exact) mass is 260 g/mol. The van der Waals surface area contributed by atoms with Gasteiger partial charge in [-0.25, -0.2) is 0 Å². The van der Waals surface area contributed by atoms with E-state index in [0.717, 1.165) is 6.07 Å². The summed E-state index contributed by atoms with van der Waals surface area (Å²) < 4.78 is 38.7. The lowest BCUT2D eigenvalue weighted by Gasteiger charge is -2.17. The molecule has 0 aromatic heterocycles. The van der Waals surface area contributed by atoms with Gasteiger partial charge in [0.1, 0.15) is 0 Å². The van der Waals surface area contributed by atoms with Gasteiger partial charge in [0, 0.05) is 19.2 Å². The minimum atomic E-state index is -4.43. The predicted octanol–water partition coefficient (Wildman–Crippen LogP) is 2.73. The van der Waals surface area contributed by atoms with Gasteiger partial charge >= 0.3 is 6.18 Å². The number of rotatable bonds is 3. The minimum Gasteiger partial charge on any atom is -0.326 e. The van der Waals surface area contributed by atoms with E-state index >= 15 is 0 Å². The largest absolute Gasteiger partial charge is 0.416 e. The first-order valence-corrected chi connectivity index (χ1v) is 5.32. The number of nitrogens with zero attached hydrogens (tertiary/aromatic N) is 1. The van der Waals surface area contributed by atoms with E-state index in [9.17, 15) is 18.0 Å². The van der Waals surface area contributed by atoms with E-state index in [-0.39, 0.29) is 17.8 Å². The molecule has 0 unspecified atom stereocenters. The molecule has 18 heavy (non-hydrogen) atoms. The van der Waals surface area contributed by atoms with Gasteiger partial charge in [-0.3, -0.25) is 4.79 Å². The van der Waals surface area contributed by atoms with Crippen molar-refractivity contribution in [3.05, 3.63) is 29.3 Å². The molecular weight excluding hydrogens is 245 g/mol. The number of carbonyl (C=O) groups excluding carboxylic acids is 1. The van der Waals surface area contributed by atoms with Crippen molar-refractivity contribution in [3.63, 3.8) is 0 Å². The molecule has 0 atom stereocenters. The van der Waals surface area contributed by atoms with Crippen LogP contribution in [0.3, 0.4) is 0 Å². The summed E-state index contributed by atoms with van der Waals surface area (Å²) in [5.74, 6) is -0.400. The minimum absolute atomic E-state index is 0.150. The molecule has 0 aliphatic heterocycles. The third-order valence-corrected chi connectivity index (χ3v) is 2.22. The summed E-state index contributed by atoms with van der Waals surface area (Å²) in [5.41, 5.74) is -0.388. The molecule has 0 fully saturated rings. The molecule has 0 heterocycles. The van der Waals surface area contributed by atoms with Crippen molar-refractivity contribution in [1.29, 1.82) is 0 Å². The summed E-state index contributed by atoms with van der Waals surface area (Å²) >= 11 is 0. The quantitative estimate of drug-likeness (QED) is 0.906. The average molecular weight is 260 g/mol. The predicted molar refractivity (Wildman–Crippen MR) is 63.1 cm³/mol. The van der Waals surface area contributed by atoms with Crippen LogP contribution in [0.5, 0.6) is 0 Å². The lowest BCUT2D eigenvalue weighted by molar-refractivity contribution is -0.138. The number of alkyl halides is 3. The maximum Gasteiger partial charge on any atom is 0.416 e. The molecule has 0 spiro atoms. The summed E-state index contributed by atoms with van der Waals surface area (Å²) in [6.07, 6.45) is -4.43. The third kappa shape index (κ3) is 4.03. The van der Waals surface area contributed by atoms with E-state index in [0.29, 0.717) is 0 Å². The Morgan fingerprint density at radius 3 is 2.39 bits per heavy atom. The van der Waals surface area contributed by atoms with Gasteiger partial charge in [0.05, 0.1) is 5.56 Å². The Kier molecular flexibility index (Phi) is 4.34. The van der Waals surface area contributed by atoms with Crippen LogP contribution in [-0.2, 0) is 17.5 Å². The van der Waals surface area contributed by atoms with E-state index in [2.05, 4.69) is 5.32 Å². The molecule has 0 saturated heterocycles. The maximum absolute atomic E-state index is 12.9. The number of anilines is 1. The molecule has 3 nitrogen and oxygen atoms in total. The van der Waals surface area contributed by atoms with E-state index in [4.69, 9.17) is 0 Å². The fourth-order valence-corrected chi connectivity index (χ4v) is 1.60. The van der Waals surface area contributed by atoms with Crippen molar-refractivity contribution in [1.82, 2.24) is 4.90 Å². The van der Waals surface area contributed by atoms with Crippen LogP contribution in [0, 0.1) is 0 Å². The van der Waals surface area contributed by atoms with Gasteiger partial charge in [0.15, 0.2) is 0 Å². The van der Waals surface area contributed by atoms with Crippen LogP contribution in [0.1, 0.15) is 18.1 Å². The summed E-state index contributed by atoms with van der Waals surface area (Å²) in [6, 6.07) is 3.81. The Morgan fingerprint density at radius 2 is 1.94 bits per heavy atom. The first kappa shape index (κ1) is 14.5. The Bertz CT molecular complexity index is 441. The van der Waals surface area contributed by atoms with Crippen molar-refractivity contribution in [2.24, 2.45) is 0 Å². The molecule has 0 saturated carbocycles. The lowest BCUT2D eigenvalue weighted by atomic mass is 10.1. The highest BCUT2D eigenvalue weighted by Gasteiger charge is 2.33. The fourth-order valence-electron chi connectivity index (χ4n) is 1.60. The zero-order valence-electron chi connectivity index (χ0n) is 10.4. The number of nitrogens with one attached hydrogen (secondary N) is 1. The number of amides is 1. The topological polar surface area (TPSA) is 32.3 Å². The standard InChI is InChI=1S/C12H15F3N2O/c1-8(18)16-10-5-4-9(7-17(2)3)11(6-10)12(13,14)15/h4-6H,7H2,1-3H3,(H,16,18). The molecule has 1 aromatic carbocycles. The second-order valence-corrected chi connectivity index (χ2v) is 4.29. The van der Waals surface area contributed by atoms with E-state index < -0.39 is 17.6 Å². The van der Waals surface area contributed by atoms with Crippen LogP contribution in [0.4, 0.5) is 18.9 Å². The normalized spacial score (nSPS) is 11.7. The molecule has 1 amide bonds.